The number of carbonyl (C=O) groups is 1. The van der Waals surface area contributed by atoms with Gasteiger partial charge in [-0.15, -0.1) is 0 Å². The van der Waals surface area contributed by atoms with Crippen molar-refractivity contribution in [1.82, 2.24) is 14.7 Å². The van der Waals surface area contributed by atoms with E-state index in [9.17, 15) is 22.4 Å². The average Bonchev–Trinajstić information content (AvgIpc) is 3.33. The van der Waals surface area contributed by atoms with Gasteiger partial charge in [0.05, 0.1) is 29.9 Å². The van der Waals surface area contributed by atoms with Crippen LogP contribution in [0.1, 0.15) is 50.3 Å². The Labute approximate surface area is 178 Å². The minimum atomic E-state index is -4.28. The lowest BCUT2D eigenvalue weighted by molar-refractivity contribution is -0.146. The number of aromatic nitrogens is 2. The Morgan fingerprint density at radius 2 is 1.97 bits per heavy atom. The number of alkyl halides is 3. The average molecular weight is 435 g/mol. The molecular formula is C23H25F4N3O. The minimum absolute atomic E-state index is 0.0364. The Morgan fingerprint density at radius 3 is 2.61 bits per heavy atom. The van der Waals surface area contributed by atoms with E-state index in [1.165, 1.54) is 22.6 Å². The number of halogens is 4. The van der Waals surface area contributed by atoms with Crippen molar-refractivity contribution in [3.63, 3.8) is 0 Å². The first-order valence-electron chi connectivity index (χ1n) is 10.6. The zero-order chi connectivity index (χ0) is 22.3. The van der Waals surface area contributed by atoms with Gasteiger partial charge in [0, 0.05) is 31.0 Å². The van der Waals surface area contributed by atoms with E-state index in [0.29, 0.717) is 12.8 Å². The molecule has 2 aliphatic rings. The molecule has 0 saturated carbocycles. The quantitative estimate of drug-likeness (QED) is 0.480. The first-order valence-corrected chi connectivity index (χ1v) is 10.6. The van der Waals surface area contributed by atoms with E-state index in [4.69, 9.17) is 0 Å². The molecule has 2 aromatic rings. The van der Waals surface area contributed by atoms with Gasteiger partial charge >= 0.3 is 6.18 Å². The Morgan fingerprint density at radius 1 is 1.26 bits per heavy atom. The molecule has 0 aliphatic heterocycles. The highest BCUT2D eigenvalue weighted by Crippen LogP contribution is 2.47. The molecule has 0 spiro atoms. The van der Waals surface area contributed by atoms with Crippen LogP contribution in [0.4, 0.5) is 17.6 Å². The summed E-state index contributed by atoms with van der Waals surface area (Å²) in [4.78, 5) is 14.5. The third-order valence-corrected chi connectivity index (χ3v) is 6.46. The molecule has 0 unspecified atom stereocenters. The minimum Gasteiger partial charge on any atom is -0.342 e. The summed E-state index contributed by atoms with van der Waals surface area (Å²) in [5.41, 5.74) is 5.03. The fourth-order valence-electron chi connectivity index (χ4n) is 4.93. The Hall–Kier alpha value is -2.64. The molecule has 1 aromatic heterocycles. The van der Waals surface area contributed by atoms with Crippen LogP contribution in [0.5, 0.6) is 0 Å². The maximum atomic E-state index is 13.3. The number of carbonyl (C=O) groups excluding carboxylic acids is 1. The van der Waals surface area contributed by atoms with Crippen LogP contribution >= 0.6 is 0 Å². The van der Waals surface area contributed by atoms with Crippen LogP contribution in [0.3, 0.4) is 0 Å². The summed E-state index contributed by atoms with van der Waals surface area (Å²) in [6, 6.07) is 6.14. The van der Waals surface area contributed by atoms with E-state index in [2.05, 4.69) is 5.10 Å². The van der Waals surface area contributed by atoms with Gasteiger partial charge in [-0.3, -0.25) is 4.79 Å². The number of rotatable bonds is 5. The zero-order valence-electron chi connectivity index (χ0n) is 17.5. The first-order chi connectivity index (χ1) is 14.7. The van der Waals surface area contributed by atoms with Crippen LogP contribution in [0.15, 0.2) is 41.6 Å². The van der Waals surface area contributed by atoms with E-state index in [1.807, 2.05) is 11.6 Å². The number of benzene rings is 1. The predicted octanol–water partition coefficient (Wildman–Crippen LogP) is 5.18. The highest BCUT2D eigenvalue weighted by molar-refractivity contribution is 5.83. The van der Waals surface area contributed by atoms with Crippen molar-refractivity contribution in [2.24, 2.45) is 5.92 Å². The second kappa shape index (κ2) is 8.13. The number of hydrogen-bond acceptors (Lipinski definition) is 2. The maximum absolute atomic E-state index is 13.3. The standard InChI is InChI=1S/C23H25F4N3O/c1-3-29(11-10-23(25,26)27)22(31)18-9-4-15-12-20-19(14(2)21(15)18)13-28-30(20)17-7-5-16(24)6-8-17/h5-8,13-14,18H,3-4,9-12H2,1-2H3/t14-,18+/m0/s1. The van der Waals surface area contributed by atoms with Gasteiger partial charge in [0.25, 0.3) is 0 Å². The molecule has 1 amide bonds. The van der Waals surface area contributed by atoms with E-state index in [1.54, 1.807) is 25.3 Å². The summed E-state index contributed by atoms with van der Waals surface area (Å²) in [6.45, 7) is 3.70. The van der Waals surface area contributed by atoms with Gasteiger partial charge in [0.2, 0.25) is 5.91 Å². The Kier molecular flexibility index (Phi) is 5.66. The van der Waals surface area contributed by atoms with Gasteiger partial charge in [-0.25, -0.2) is 9.07 Å². The van der Waals surface area contributed by atoms with E-state index >= 15 is 0 Å². The molecule has 0 saturated heterocycles. The zero-order valence-corrected chi connectivity index (χ0v) is 17.5. The number of hydrogen-bond donors (Lipinski definition) is 0. The van der Waals surface area contributed by atoms with Crippen LogP contribution in [-0.4, -0.2) is 39.9 Å². The summed E-state index contributed by atoms with van der Waals surface area (Å²) in [7, 11) is 0. The smallest absolute Gasteiger partial charge is 0.342 e. The van der Waals surface area contributed by atoms with E-state index in [0.717, 1.165) is 28.9 Å². The third kappa shape index (κ3) is 4.12. The number of nitrogens with zero attached hydrogens (tertiary/aromatic N) is 3. The lowest BCUT2D eigenvalue weighted by Gasteiger charge is -2.30. The summed E-state index contributed by atoms with van der Waals surface area (Å²) >= 11 is 0. The second-order valence-electron chi connectivity index (χ2n) is 8.27. The SMILES string of the molecule is CCN(CCC(F)(F)F)C(=O)[C@@H]1CCC2=C1[C@@H](C)c1cnn(-c3ccc(F)cc3)c1C2. The summed E-state index contributed by atoms with van der Waals surface area (Å²) < 4.78 is 53.1. The number of amides is 1. The van der Waals surface area contributed by atoms with Gasteiger partial charge in [0.1, 0.15) is 5.82 Å². The second-order valence-corrected chi connectivity index (χ2v) is 8.27. The monoisotopic (exact) mass is 435 g/mol. The summed E-state index contributed by atoms with van der Waals surface area (Å²) in [5.74, 6) is -0.935. The van der Waals surface area contributed by atoms with Crippen molar-refractivity contribution in [3.8, 4) is 5.69 Å². The van der Waals surface area contributed by atoms with Crippen molar-refractivity contribution >= 4 is 5.91 Å². The lowest BCUT2D eigenvalue weighted by Crippen LogP contribution is -2.39. The molecule has 0 fully saturated rings. The first kappa shape index (κ1) is 21.6. The van der Waals surface area contributed by atoms with Gasteiger partial charge in [-0.1, -0.05) is 18.1 Å². The Balaban J connectivity index is 1.58. The van der Waals surface area contributed by atoms with Gasteiger partial charge in [-0.05, 0) is 44.0 Å². The van der Waals surface area contributed by atoms with Crippen LogP contribution in [-0.2, 0) is 11.2 Å². The Bertz CT molecular complexity index is 1010. The fourth-order valence-corrected chi connectivity index (χ4v) is 4.93. The van der Waals surface area contributed by atoms with Crippen LogP contribution in [0, 0.1) is 11.7 Å². The van der Waals surface area contributed by atoms with Crippen molar-refractivity contribution < 1.29 is 22.4 Å². The summed E-state index contributed by atoms with van der Waals surface area (Å²) in [6.07, 6.45) is -1.46. The molecule has 0 N–H and O–H groups in total. The molecule has 2 atom stereocenters. The van der Waals surface area contributed by atoms with Gasteiger partial charge in [0.15, 0.2) is 0 Å². The van der Waals surface area contributed by atoms with E-state index < -0.39 is 12.6 Å². The number of fused-ring (bicyclic) bond motifs is 1. The molecule has 31 heavy (non-hydrogen) atoms. The van der Waals surface area contributed by atoms with Crippen molar-refractivity contribution in [2.75, 3.05) is 13.1 Å². The molecule has 166 valence electrons. The fraction of sp³-hybridized carbons (Fsp3) is 0.478. The van der Waals surface area contributed by atoms with Crippen LogP contribution < -0.4 is 0 Å². The van der Waals surface area contributed by atoms with Gasteiger partial charge in [-0.2, -0.15) is 18.3 Å². The summed E-state index contributed by atoms with van der Waals surface area (Å²) in [5, 5.41) is 4.50. The molecule has 2 aliphatic carbocycles. The molecule has 4 rings (SSSR count). The third-order valence-electron chi connectivity index (χ3n) is 6.46. The highest BCUT2D eigenvalue weighted by Gasteiger charge is 2.41. The maximum Gasteiger partial charge on any atom is 0.390 e. The molecule has 8 heteroatoms. The van der Waals surface area contributed by atoms with Crippen molar-refractivity contribution in [1.29, 1.82) is 0 Å². The topological polar surface area (TPSA) is 38.1 Å². The van der Waals surface area contributed by atoms with Gasteiger partial charge < -0.3 is 4.90 Å². The molecule has 1 aromatic carbocycles. The molecule has 4 nitrogen and oxygen atoms in total. The normalized spacial score (nSPS) is 20.6. The van der Waals surface area contributed by atoms with Crippen LogP contribution in [0.25, 0.3) is 5.69 Å². The van der Waals surface area contributed by atoms with E-state index in [-0.39, 0.29) is 36.6 Å². The molecule has 0 bridgehead atoms. The number of allylic oxidation sites excluding steroid dienone is 1. The predicted molar refractivity (Wildman–Crippen MR) is 108 cm³/mol. The van der Waals surface area contributed by atoms with Crippen molar-refractivity contribution in [3.05, 3.63) is 58.7 Å². The molecular weight excluding hydrogens is 410 g/mol. The largest absolute Gasteiger partial charge is 0.390 e. The lowest BCUT2D eigenvalue weighted by atomic mass is 9.79. The molecule has 0 radical (unpaired) electrons. The van der Waals surface area contributed by atoms with Crippen LogP contribution in [0.2, 0.25) is 0 Å². The van der Waals surface area contributed by atoms with Crippen molar-refractivity contribution in [2.45, 2.75) is 51.6 Å². The molecule has 1 heterocycles. The highest BCUT2D eigenvalue weighted by atomic mass is 19.4.